The molecule has 1 saturated heterocycles. The smallest absolute Gasteiger partial charge is 0.251 e. The molecule has 1 N–H and O–H groups in total. The quantitative estimate of drug-likeness (QED) is 0.655. The molecule has 1 aliphatic rings. The van der Waals surface area contributed by atoms with Gasteiger partial charge in [-0.25, -0.2) is 21.1 Å². The van der Waals surface area contributed by atoms with E-state index in [1.807, 2.05) is 0 Å². The van der Waals surface area contributed by atoms with Crippen LogP contribution in [-0.4, -0.2) is 70.1 Å². The van der Waals surface area contributed by atoms with E-state index in [9.17, 15) is 21.6 Å². The molecule has 0 saturated carbocycles. The first-order valence-corrected chi connectivity index (χ1v) is 12.7. The highest BCUT2D eigenvalue weighted by Crippen LogP contribution is 2.23. The van der Waals surface area contributed by atoms with Gasteiger partial charge >= 0.3 is 0 Å². The van der Waals surface area contributed by atoms with E-state index in [0.29, 0.717) is 38.0 Å². The Bertz CT molecular complexity index is 1110. The molecule has 0 atom stereocenters. The molecule has 0 spiro atoms. The van der Waals surface area contributed by atoms with Crippen molar-refractivity contribution >= 4 is 26.0 Å². The van der Waals surface area contributed by atoms with E-state index in [1.165, 1.54) is 61.1 Å². The van der Waals surface area contributed by atoms with Gasteiger partial charge in [-0.3, -0.25) is 9.78 Å². The van der Waals surface area contributed by atoms with Crippen molar-refractivity contribution in [3.8, 4) is 0 Å². The summed E-state index contributed by atoms with van der Waals surface area (Å²) in [7, 11) is -4.20. The van der Waals surface area contributed by atoms with Crippen molar-refractivity contribution in [2.75, 3.05) is 33.7 Å². The van der Waals surface area contributed by atoms with Gasteiger partial charge in [0, 0.05) is 51.7 Å². The lowest BCUT2D eigenvalue weighted by Gasteiger charge is -2.31. The van der Waals surface area contributed by atoms with Crippen LogP contribution in [0.3, 0.4) is 0 Å². The minimum atomic E-state index is -3.55. The van der Waals surface area contributed by atoms with Gasteiger partial charge in [-0.15, -0.1) is 0 Å². The summed E-state index contributed by atoms with van der Waals surface area (Å²) >= 11 is 0. The fourth-order valence-corrected chi connectivity index (χ4v) is 5.67. The lowest BCUT2D eigenvalue weighted by Crippen LogP contribution is -2.41. The maximum atomic E-state index is 12.7. The van der Waals surface area contributed by atoms with Crippen LogP contribution >= 0.6 is 0 Å². The van der Waals surface area contributed by atoms with E-state index in [4.69, 9.17) is 0 Å². The Balaban J connectivity index is 1.52. The summed E-state index contributed by atoms with van der Waals surface area (Å²) in [6.07, 6.45) is 4.15. The number of piperidine rings is 1. The molecule has 2 aromatic rings. The number of carbonyl (C=O) groups excluding carboxylic acids is 1. The molecule has 0 radical (unpaired) electrons. The lowest BCUT2D eigenvalue weighted by atomic mass is 9.98. The van der Waals surface area contributed by atoms with E-state index in [-0.39, 0.29) is 21.6 Å². The predicted molar refractivity (Wildman–Crippen MR) is 115 cm³/mol. The molecular weight excluding hydrogens is 440 g/mol. The van der Waals surface area contributed by atoms with Crippen LogP contribution in [0.15, 0.2) is 58.6 Å². The maximum Gasteiger partial charge on any atom is 0.251 e. The Hall–Kier alpha value is -2.34. The summed E-state index contributed by atoms with van der Waals surface area (Å²) in [5, 5.41) is 2.86. The van der Waals surface area contributed by atoms with E-state index < -0.39 is 20.0 Å². The third-order valence-electron chi connectivity index (χ3n) is 5.29. The minimum absolute atomic E-state index is 0.122. The summed E-state index contributed by atoms with van der Waals surface area (Å²) in [4.78, 5) is 16.6. The number of carbonyl (C=O) groups is 1. The van der Waals surface area contributed by atoms with Gasteiger partial charge in [0.15, 0.2) is 0 Å². The van der Waals surface area contributed by atoms with E-state index >= 15 is 0 Å². The third-order valence-corrected chi connectivity index (χ3v) is 9.00. The zero-order chi connectivity index (χ0) is 22.6. The van der Waals surface area contributed by atoms with Crippen molar-refractivity contribution in [1.82, 2.24) is 18.9 Å². The molecule has 1 fully saturated rings. The van der Waals surface area contributed by atoms with Crippen molar-refractivity contribution < 1.29 is 21.6 Å². The standard InChI is InChI=1S/C20H26N4O5S2/c1-23(2)30(26,27)18-7-5-17(6-8-18)20(25)22-14-16-9-12-24(13-10-16)31(28,29)19-4-3-11-21-15-19/h3-8,11,15-16H,9-10,12-14H2,1-2H3,(H,22,25). The van der Waals surface area contributed by atoms with Crippen LogP contribution in [0, 0.1) is 5.92 Å². The first kappa shape index (κ1) is 23.3. The van der Waals surface area contributed by atoms with Gasteiger partial charge in [0.25, 0.3) is 5.91 Å². The van der Waals surface area contributed by atoms with Crippen molar-refractivity contribution in [3.63, 3.8) is 0 Å². The Morgan fingerprint density at radius 3 is 2.26 bits per heavy atom. The molecule has 3 rings (SSSR count). The Labute approximate surface area is 183 Å². The number of aromatic nitrogens is 1. The average molecular weight is 467 g/mol. The Kier molecular flexibility index (Phi) is 7.10. The fraction of sp³-hybridized carbons (Fsp3) is 0.400. The number of nitrogens with zero attached hydrogens (tertiary/aromatic N) is 3. The van der Waals surface area contributed by atoms with Crippen LogP contribution in [-0.2, 0) is 20.0 Å². The van der Waals surface area contributed by atoms with Gasteiger partial charge in [0.05, 0.1) is 4.90 Å². The van der Waals surface area contributed by atoms with E-state index in [1.54, 1.807) is 6.07 Å². The zero-order valence-electron chi connectivity index (χ0n) is 17.4. The molecular formula is C20H26N4O5S2. The van der Waals surface area contributed by atoms with Crippen molar-refractivity contribution in [2.45, 2.75) is 22.6 Å². The predicted octanol–water partition coefficient (Wildman–Crippen LogP) is 1.16. The number of benzene rings is 1. The molecule has 1 aromatic carbocycles. The van der Waals surface area contributed by atoms with E-state index in [2.05, 4.69) is 10.3 Å². The highest BCUT2D eigenvalue weighted by atomic mass is 32.2. The molecule has 31 heavy (non-hydrogen) atoms. The minimum Gasteiger partial charge on any atom is -0.352 e. The van der Waals surface area contributed by atoms with Crippen molar-refractivity contribution in [2.24, 2.45) is 5.92 Å². The van der Waals surface area contributed by atoms with Gasteiger partial charge in [-0.1, -0.05) is 0 Å². The number of sulfonamides is 2. The molecule has 0 bridgehead atoms. The van der Waals surface area contributed by atoms with Crippen molar-refractivity contribution in [1.29, 1.82) is 0 Å². The maximum absolute atomic E-state index is 12.7. The summed E-state index contributed by atoms with van der Waals surface area (Å²) in [5.74, 6) is -0.128. The van der Waals surface area contributed by atoms with Crippen LogP contribution in [0.1, 0.15) is 23.2 Å². The first-order chi connectivity index (χ1) is 14.6. The molecule has 1 aromatic heterocycles. The first-order valence-electron chi connectivity index (χ1n) is 9.83. The second kappa shape index (κ2) is 9.43. The summed E-state index contributed by atoms with van der Waals surface area (Å²) < 4.78 is 52.1. The number of nitrogens with one attached hydrogen (secondary N) is 1. The monoisotopic (exact) mass is 466 g/mol. The molecule has 0 unspecified atom stereocenters. The number of amides is 1. The van der Waals surface area contributed by atoms with Gasteiger partial charge in [-0.05, 0) is 55.2 Å². The SMILES string of the molecule is CN(C)S(=O)(=O)c1ccc(C(=O)NCC2CCN(S(=O)(=O)c3cccnc3)CC2)cc1. The number of hydrogen-bond acceptors (Lipinski definition) is 6. The van der Waals surface area contributed by atoms with Crippen LogP contribution in [0.5, 0.6) is 0 Å². The van der Waals surface area contributed by atoms with Gasteiger partial charge in [0.1, 0.15) is 4.90 Å². The second-order valence-corrected chi connectivity index (χ2v) is 11.6. The topological polar surface area (TPSA) is 117 Å². The largest absolute Gasteiger partial charge is 0.352 e. The summed E-state index contributed by atoms with van der Waals surface area (Å²) in [6, 6.07) is 8.91. The van der Waals surface area contributed by atoms with Gasteiger partial charge in [-0.2, -0.15) is 4.31 Å². The summed E-state index contributed by atoms with van der Waals surface area (Å²) in [6.45, 7) is 1.20. The Morgan fingerprint density at radius 2 is 1.71 bits per heavy atom. The molecule has 0 aliphatic carbocycles. The van der Waals surface area contributed by atoms with Crippen molar-refractivity contribution in [3.05, 3.63) is 54.4 Å². The number of hydrogen-bond donors (Lipinski definition) is 1. The highest BCUT2D eigenvalue weighted by molar-refractivity contribution is 7.89. The molecule has 2 heterocycles. The number of rotatable bonds is 7. The van der Waals surface area contributed by atoms with Crippen LogP contribution < -0.4 is 5.32 Å². The lowest BCUT2D eigenvalue weighted by molar-refractivity contribution is 0.0941. The van der Waals surface area contributed by atoms with Crippen LogP contribution in [0.4, 0.5) is 0 Å². The highest BCUT2D eigenvalue weighted by Gasteiger charge is 2.29. The summed E-state index contributed by atoms with van der Waals surface area (Å²) in [5.41, 5.74) is 0.370. The van der Waals surface area contributed by atoms with Gasteiger partial charge in [0.2, 0.25) is 20.0 Å². The molecule has 1 amide bonds. The Morgan fingerprint density at radius 1 is 1.06 bits per heavy atom. The number of pyridine rings is 1. The molecule has 11 heteroatoms. The molecule has 1 aliphatic heterocycles. The van der Waals surface area contributed by atoms with Crippen LogP contribution in [0.2, 0.25) is 0 Å². The van der Waals surface area contributed by atoms with Crippen LogP contribution in [0.25, 0.3) is 0 Å². The van der Waals surface area contributed by atoms with Gasteiger partial charge < -0.3 is 5.32 Å². The van der Waals surface area contributed by atoms with E-state index in [0.717, 1.165) is 4.31 Å². The molecule has 168 valence electrons. The average Bonchev–Trinajstić information content (AvgIpc) is 2.78. The molecule has 9 nitrogen and oxygen atoms in total. The normalized spacial score (nSPS) is 16.4. The second-order valence-electron chi connectivity index (χ2n) is 7.56. The fourth-order valence-electron chi connectivity index (χ4n) is 3.33. The zero-order valence-corrected chi connectivity index (χ0v) is 19.1. The third kappa shape index (κ3) is 5.29.